The van der Waals surface area contributed by atoms with Gasteiger partial charge in [-0.05, 0) is 64.4 Å². The monoisotopic (exact) mass is 498 g/mol. The number of halogens is 4. The van der Waals surface area contributed by atoms with Crippen molar-refractivity contribution in [1.82, 2.24) is 0 Å². The molecule has 0 aliphatic rings. The van der Waals surface area contributed by atoms with Crippen LogP contribution in [0, 0.1) is 3.57 Å². The minimum absolute atomic E-state index is 0.266. The molecule has 2 aromatic carbocycles. The topological polar surface area (TPSA) is 0 Å². The Morgan fingerprint density at radius 2 is 1.89 bits per heavy atom. The van der Waals surface area contributed by atoms with E-state index < -0.39 is 0 Å². The van der Waals surface area contributed by atoms with Gasteiger partial charge < -0.3 is 0 Å². The lowest BCUT2D eigenvalue weighted by atomic mass is 10.0. The predicted octanol–water partition coefficient (Wildman–Crippen LogP) is 6.39. The second-order valence-corrected chi connectivity index (χ2v) is 7.52. The van der Waals surface area contributed by atoms with Gasteiger partial charge in [-0.15, -0.1) is 0 Å². The summed E-state index contributed by atoms with van der Waals surface area (Å²) in [5, 5.41) is 0.826. The maximum absolute atomic E-state index is 6.19. The quantitative estimate of drug-likeness (QED) is 0.339. The summed E-state index contributed by atoms with van der Waals surface area (Å²) in [6.45, 7) is 0. The Morgan fingerprint density at radius 1 is 1.17 bits per heavy atom. The van der Waals surface area contributed by atoms with E-state index in [-0.39, 0.29) is 4.83 Å². The van der Waals surface area contributed by atoms with Crippen molar-refractivity contribution < 1.29 is 0 Å². The Kier molecular flexibility index (Phi) is 5.54. The zero-order valence-electron chi connectivity index (χ0n) is 9.34. The number of rotatable bonds is 3. The highest BCUT2D eigenvalue weighted by Gasteiger charge is 2.13. The van der Waals surface area contributed by atoms with E-state index >= 15 is 0 Å². The molecule has 2 aromatic rings. The first-order valence-electron chi connectivity index (χ1n) is 5.40. The van der Waals surface area contributed by atoms with Crippen molar-refractivity contribution in [2.24, 2.45) is 0 Å². The lowest BCUT2D eigenvalue weighted by Crippen LogP contribution is -1.98. The summed E-state index contributed by atoms with van der Waals surface area (Å²) in [5.74, 6) is 0. The summed E-state index contributed by atoms with van der Waals surface area (Å²) in [7, 11) is 0. The fourth-order valence-electron chi connectivity index (χ4n) is 1.72. The minimum Gasteiger partial charge on any atom is -0.0840 e. The highest BCUT2D eigenvalue weighted by Crippen LogP contribution is 2.33. The molecule has 0 saturated carbocycles. The first-order valence-corrected chi connectivity index (χ1v) is 8.57. The number of alkyl halides is 1. The Hall–Kier alpha value is 0.420. The van der Waals surface area contributed by atoms with Crippen LogP contribution in [0.15, 0.2) is 46.9 Å². The first kappa shape index (κ1) is 14.8. The van der Waals surface area contributed by atoms with Crippen molar-refractivity contribution in [2.75, 3.05) is 0 Å². The fourth-order valence-corrected chi connectivity index (χ4v) is 4.18. The molecule has 0 aromatic heterocycles. The molecule has 0 N–H and O–H groups in total. The van der Waals surface area contributed by atoms with E-state index in [4.69, 9.17) is 11.6 Å². The van der Waals surface area contributed by atoms with E-state index in [0.29, 0.717) is 0 Å². The van der Waals surface area contributed by atoms with Crippen molar-refractivity contribution in [1.29, 1.82) is 0 Å². The Morgan fingerprint density at radius 3 is 2.61 bits per heavy atom. The van der Waals surface area contributed by atoms with Crippen molar-refractivity contribution in [3.8, 4) is 0 Å². The Balaban J connectivity index is 2.25. The van der Waals surface area contributed by atoms with Crippen molar-refractivity contribution in [3.63, 3.8) is 0 Å². The van der Waals surface area contributed by atoms with Crippen LogP contribution in [0.2, 0.25) is 5.02 Å². The molecule has 94 valence electrons. The third-order valence-electron chi connectivity index (χ3n) is 2.65. The molecule has 0 aliphatic heterocycles. The Bertz CT molecular complexity index is 557. The van der Waals surface area contributed by atoms with E-state index in [1.54, 1.807) is 0 Å². The van der Waals surface area contributed by atoms with E-state index in [0.717, 1.165) is 21.5 Å². The molecule has 0 spiro atoms. The van der Waals surface area contributed by atoms with Gasteiger partial charge >= 0.3 is 0 Å². The molecule has 0 amide bonds. The van der Waals surface area contributed by atoms with Crippen LogP contribution in [0.4, 0.5) is 0 Å². The van der Waals surface area contributed by atoms with Crippen LogP contribution in [-0.4, -0.2) is 0 Å². The molecule has 18 heavy (non-hydrogen) atoms. The fraction of sp³-hybridized carbons (Fsp3) is 0.143. The van der Waals surface area contributed by atoms with Gasteiger partial charge in [0, 0.05) is 17.9 Å². The average Bonchev–Trinajstić information content (AvgIpc) is 2.35. The molecule has 1 unspecified atom stereocenters. The average molecular weight is 500 g/mol. The van der Waals surface area contributed by atoms with Gasteiger partial charge in [-0.25, -0.2) is 0 Å². The summed E-state index contributed by atoms with van der Waals surface area (Å²) < 4.78 is 2.35. The van der Waals surface area contributed by atoms with Gasteiger partial charge in [-0.1, -0.05) is 61.7 Å². The van der Waals surface area contributed by atoms with Crippen molar-refractivity contribution in [2.45, 2.75) is 11.2 Å². The van der Waals surface area contributed by atoms with Gasteiger partial charge in [0.2, 0.25) is 0 Å². The summed E-state index contributed by atoms with van der Waals surface area (Å²) in [6, 6.07) is 14.3. The molecule has 0 saturated heterocycles. The van der Waals surface area contributed by atoms with Crippen LogP contribution in [-0.2, 0) is 6.42 Å². The predicted molar refractivity (Wildman–Crippen MR) is 93.7 cm³/mol. The molecular formula is C14H10Br2ClI. The highest BCUT2D eigenvalue weighted by molar-refractivity contribution is 14.1. The summed E-state index contributed by atoms with van der Waals surface area (Å²) in [4.78, 5) is 0.266. The van der Waals surface area contributed by atoms with Gasteiger partial charge in [-0.2, -0.15) is 0 Å². The molecule has 1 atom stereocenters. The molecule has 0 heterocycles. The number of hydrogen-bond donors (Lipinski definition) is 0. The van der Waals surface area contributed by atoms with Crippen LogP contribution in [0.3, 0.4) is 0 Å². The second-order valence-electron chi connectivity index (χ2n) is 3.93. The SMILES string of the molecule is Clc1ccccc1CC(Br)c1cc(Br)ccc1I. The summed E-state index contributed by atoms with van der Waals surface area (Å²) >= 11 is 15.8. The zero-order chi connectivity index (χ0) is 13.1. The minimum atomic E-state index is 0.266. The van der Waals surface area contributed by atoms with E-state index in [2.05, 4.69) is 78.7 Å². The van der Waals surface area contributed by atoms with Gasteiger partial charge in [0.1, 0.15) is 0 Å². The van der Waals surface area contributed by atoms with E-state index in [9.17, 15) is 0 Å². The third kappa shape index (κ3) is 3.71. The molecule has 0 nitrogen and oxygen atoms in total. The highest BCUT2D eigenvalue weighted by atomic mass is 127. The van der Waals surface area contributed by atoms with E-state index in [1.807, 2.05) is 18.2 Å². The molecule has 0 bridgehead atoms. The van der Waals surface area contributed by atoms with Gasteiger partial charge in [-0.3, -0.25) is 0 Å². The van der Waals surface area contributed by atoms with Gasteiger partial charge in [0.15, 0.2) is 0 Å². The summed E-state index contributed by atoms with van der Waals surface area (Å²) in [6.07, 6.45) is 0.881. The molecule has 2 rings (SSSR count). The standard InChI is InChI=1S/C14H10Br2ClI/c15-10-5-6-14(18)11(8-10)12(16)7-9-3-1-2-4-13(9)17/h1-6,8,12H,7H2. The Labute approximate surface area is 143 Å². The van der Waals surface area contributed by atoms with E-state index in [1.165, 1.54) is 9.13 Å². The second kappa shape index (κ2) is 6.73. The lowest BCUT2D eigenvalue weighted by molar-refractivity contribution is 0.942. The van der Waals surface area contributed by atoms with Crippen molar-refractivity contribution >= 4 is 66.1 Å². The van der Waals surface area contributed by atoms with Crippen LogP contribution in [0.5, 0.6) is 0 Å². The van der Waals surface area contributed by atoms with Crippen LogP contribution in [0.25, 0.3) is 0 Å². The third-order valence-corrected chi connectivity index (χ3v) is 5.31. The number of hydrogen-bond acceptors (Lipinski definition) is 0. The molecule has 0 aliphatic carbocycles. The maximum atomic E-state index is 6.19. The lowest BCUT2D eigenvalue weighted by Gasteiger charge is -2.13. The van der Waals surface area contributed by atoms with Gasteiger partial charge in [0.25, 0.3) is 0 Å². The molecular weight excluding hydrogens is 490 g/mol. The van der Waals surface area contributed by atoms with Crippen LogP contribution in [0.1, 0.15) is 16.0 Å². The normalized spacial score (nSPS) is 12.4. The molecule has 0 radical (unpaired) electrons. The number of benzene rings is 2. The van der Waals surface area contributed by atoms with Crippen LogP contribution >= 0.6 is 66.1 Å². The first-order chi connectivity index (χ1) is 8.58. The van der Waals surface area contributed by atoms with Crippen molar-refractivity contribution in [3.05, 3.63) is 66.7 Å². The zero-order valence-corrected chi connectivity index (χ0v) is 15.4. The maximum Gasteiger partial charge on any atom is 0.0447 e. The van der Waals surface area contributed by atoms with Gasteiger partial charge in [0.05, 0.1) is 0 Å². The van der Waals surface area contributed by atoms with Crippen LogP contribution < -0.4 is 0 Å². The largest absolute Gasteiger partial charge is 0.0840 e. The molecule has 4 heteroatoms. The smallest absolute Gasteiger partial charge is 0.0447 e. The summed E-state index contributed by atoms with van der Waals surface area (Å²) in [5.41, 5.74) is 2.45. The molecule has 0 fully saturated rings.